The van der Waals surface area contributed by atoms with Crippen LogP contribution in [0.1, 0.15) is 51.3 Å². The Morgan fingerprint density at radius 2 is 1.70 bits per heavy atom. The van der Waals surface area contributed by atoms with Crippen LogP contribution in [0.4, 0.5) is 0 Å². The van der Waals surface area contributed by atoms with Crippen LogP contribution in [0.2, 0.25) is 0 Å². The number of likely N-dealkylation sites (N-methyl/N-ethyl adjacent to an activating group) is 2. The fourth-order valence-electron chi connectivity index (χ4n) is 2.68. The first-order valence-electron chi connectivity index (χ1n) is 7.94. The third kappa shape index (κ3) is 5.26. The summed E-state index contributed by atoms with van der Waals surface area (Å²) in [4.78, 5) is 2.47. The molecule has 2 atom stereocenters. The summed E-state index contributed by atoms with van der Waals surface area (Å²) in [6.45, 7) is 10.2. The number of rotatable bonds is 8. The van der Waals surface area contributed by atoms with E-state index in [4.69, 9.17) is 0 Å². The second kappa shape index (κ2) is 8.43. The maximum absolute atomic E-state index is 3.45. The highest BCUT2D eigenvalue weighted by molar-refractivity contribution is 5.25. The van der Waals surface area contributed by atoms with Crippen molar-refractivity contribution in [1.29, 1.82) is 0 Å². The maximum atomic E-state index is 3.45. The molecule has 1 aromatic rings. The van der Waals surface area contributed by atoms with Crippen LogP contribution >= 0.6 is 0 Å². The Kier molecular flexibility index (Phi) is 7.25. The first-order chi connectivity index (χ1) is 9.47. The lowest BCUT2D eigenvalue weighted by molar-refractivity contribution is 0.208. The Labute approximate surface area is 125 Å². The fraction of sp³-hybridized carbons (Fsp3) is 0.667. The summed E-state index contributed by atoms with van der Waals surface area (Å²) in [7, 11) is 4.29. The molecule has 1 rings (SSSR count). The van der Waals surface area contributed by atoms with Crippen molar-refractivity contribution < 1.29 is 0 Å². The predicted octanol–water partition coefficient (Wildman–Crippen LogP) is 3.88. The van der Waals surface area contributed by atoms with Gasteiger partial charge in [-0.2, -0.15) is 0 Å². The van der Waals surface area contributed by atoms with Crippen molar-refractivity contribution in [3.63, 3.8) is 0 Å². The van der Waals surface area contributed by atoms with Crippen LogP contribution in [0.5, 0.6) is 0 Å². The second-order valence-electron chi connectivity index (χ2n) is 6.35. The minimum absolute atomic E-state index is 0.403. The van der Waals surface area contributed by atoms with Crippen molar-refractivity contribution in [2.24, 2.45) is 5.92 Å². The van der Waals surface area contributed by atoms with E-state index < -0.39 is 0 Å². The second-order valence-corrected chi connectivity index (χ2v) is 6.35. The van der Waals surface area contributed by atoms with E-state index in [2.05, 4.69) is 76.3 Å². The average molecular weight is 276 g/mol. The molecule has 0 aromatic heterocycles. The lowest BCUT2D eigenvalue weighted by Gasteiger charge is -2.30. The van der Waals surface area contributed by atoms with Gasteiger partial charge in [0.05, 0.1) is 0 Å². The summed E-state index contributed by atoms with van der Waals surface area (Å²) in [5, 5.41) is 3.45. The van der Waals surface area contributed by atoms with Gasteiger partial charge in [0.2, 0.25) is 0 Å². The highest BCUT2D eigenvalue weighted by Crippen LogP contribution is 2.18. The van der Waals surface area contributed by atoms with E-state index in [0.717, 1.165) is 18.9 Å². The minimum Gasteiger partial charge on any atom is -0.312 e. The van der Waals surface area contributed by atoms with Gasteiger partial charge in [0.25, 0.3) is 0 Å². The Balaban J connectivity index is 2.65. The largest absolute Gasteiger partial charge is 0.312 e. The molecule has 2 unspecified atom stereocenters. The summed E-state index contributed by atoms with van der Waals surface area (Å²) >= 11 is 0. The molecular formula is C18H32N2. The number of hydrogen-bond acceptors (Lipinski definition) is 2. The lowest BCUT2D eigenvalue weighted by Crippen LogP contribution is -2.37. The van der Waals surface area contributed by atoms with Crippen molar-refractivity contribution in [3.05, 3.63) is 35.4 Å². The molecule has 0 amide bonds. The third-order valence-electron chi connectivity index (χ3n) is 4.17. The molecule has 2 heteroatoms. The van der Waals surface area contributed by atoms with Gasteiger partial charge in [-0.25, -0.2) is 0 Å². The molecule has 1 aromatic carbocycles. The summed E-state index contributed by atoms with van der Waals surface area (Å²) in [6.07, 6.45) is 2.36. The van der Waals surface area contributed by atoms with E-state index in [1.807, 2.05) is 0 Å². The molecule has 2 nitrogen and oxygen atoms in total. The molecule has 0 saturated carbocycles. The highest BCUT2D eigenvalue weighted by Gasteiger charge is 2.16. The molecule has 114 valence electrons. The number of benzene rings is 1. The highest BCUT2D eigenvalue weighted by atomic mass is 15.1. The van der Waals surface area contributed by atoms with Gasteiger partial charge in [0.15, 0.2) is 0 Å². The molecule has 0 aliphatic carbocycles. The van der Waals surface area contributed by atoms with Crippen molar-refractivity contribution in [3.8, 4) is 0 Å². The molecule has 0 saturated heterocycles. The van der Waals surface area contributed by atoms with E-state index in [1.165, 1.54) is 17.5 Å². The van der Waals surface area contributed by atoms with Gasteiger partial charge in [0.1, 0.15) is 0 Å². The zero-order chi connectivity index (χ0) is 15.1. The van der Waals surface area contributed by atoms with Gasteiger partial charge < -0.3 is 10.2 Å². The smallest absolute Gasteiger partial charge is 0.0446 e. The third-order valence-corrected chi connectivity index (χ3v) is 4.17. The van der Waals surface area contributed by atoms with Crippen LogP contribution in [0.15, 0.2) is 24.3 Å². The quantitative estimate of drug-likeness (QED) is 0.775. The summed E-state index contributed by atoms with van der Waals surface area (Å²) < 4.78 is 0. The van der Waals surface area contributed by atoms with E-state index in [0.29, 0.717) is 12.1 Å². The summed E-state index contributed by atoms with van der Waals surface area (Å²) in [6, 6.07) is 10.1. The predicted molar refractivity (Wildman–Crippen MR) is 89.2 cm³/mol. The lowest BCUT2D eigenvalue weighted by atomic mass is 10.0. The van der Waals surface area contributed by atoms with Gasteiger partial charge >= 0.3 is 0 Å². The summed E-state index contributed by atoms with van der Waals surface area (Å²) in [5.74, 6) is 0.754. The van der Waals surface area contributed by atoms with Gasteiger partial charge in [-0.05, 0) is 50.9 Å². The Bertz CT molecular complexity index is 370. The molecule has 0 aliphatic heterocycles. The van der Waals surface area contributed by atoms with E-state index in [9.17, 15) is 0 Å². The van der Waals surface area contributed by atoms with E-state index in [1.54, 1.807) is 0 Å². The van der Waals surface area contributed by atoms with Crippen LogP contribution in [-0.4, -0.2) is 31.6 Å². The number of hydrogen-bond donors (Lipinski definition) is 1. The SMILES string of the molecule is CCc1ccc(C(CN(C)C(C)CC(C)C)NC)cc1. The zero-order valence-electron chi connectivity index (χ0n) is 14.1. The first-order valence-corrected chi connectivity index (χ1v) is 7.94. The molecule has 0 aliphatic rings. The van der Waals surface area contributed by atoms with Crippen molar-refractivity contribution in [2.45, 2.75) is 52.6 Å². The minimum atomic E-state index is 0.403. The average Bonchev–Trinajstić information content (AvgIpc) is 2.43. The van der Waals surface area contributed by atoms with E-state index in [-0.39, 0.29) is 0 Å². The first kappa shape index (κ1) is 17.2. The van der Waals surface area contributed by atoms with Gasteiger partial charge in [-0.3, -0.25) is 0 Å². The Morgan fingerprint density at radius 3 is 2.15 bits per heavy atom. The zero-order valence-corrected chi connectivity index (χ0v) is 14.1. The van der Waals surface area contributed by atoms with Crippen molar-refractivity contribution in [2.75, 3.05) is 20.6 Å². The van der Waals surface area contributed by atoms with Gasteiger partial charge in [-0.15, -0.1) is 0 Å². The van der Waals surface area contributed by atoms with Crippen molar-refractivity contribution >= 4 is 0 Å². The fourth-order valence-corrected chi connectivity index (χ4v) is 2.68. The monoisotopic (exact) mass is 276 g/mol. The van der Waals surface area contributed by atoms with Crippen LogP contribution in [0.3, 0.4) is 0 Å². The maximum Gasteiger partial charge on any atom is 0.0446 e. The Morgan fingerprint density at radius 1 is 1.10 bits per heavy atom. The summed E-state index contributed by atoms with van der Waals surface area (Å²) in [5.41, 5.74) is 2.79. The van der Waals surface area contributed by atoms with Crippen LogP contribution in [0, 0.1) is 5.92 Å². The number of aryl methyl sites for hydroxylation is 1. The number of nitrogens with zero attached hydrogens (tertiary/aromatic N) is 1. The molecular weight excluding hydrogens is 244 g/mol. The molecule has 1 N–H and O–H groups in total. The number of nitrogens with one attached hydrogen (secondary N) is 1. The molecule has 0 spiro atoms. The Hall–Kier alpha value is -0.860. The topological polar surface area (TPSA) is 15.3 Å². The molecule has 0 radical (unpaired) electrons. The molecule has 20 heavy (non-hydrogen) atoms. The standard InChI is InChI=1S/C18H32N2/c1-7-16-8-10-17(11-9-16)18(19-5)13-20(6)15(4)12-14(2)3/h8-11,14-15,18-19H,7,12-13H2,1-6H3. The molecule has 0 bridgehead atoms. The van der Waals surface area contributed by atoms with E-state index >= 15 is 0 Å². The van der Waals surface area contributed by atoms with Crippen LogP contribution in [0.25, 0.3) is 0 Å². The van der Waals surface area contributed by atoms with Crippen molar-refractivity contribution in [1.82, 2.24) is 10.2 Å². The van der Waals surface area contributed by atoms with Crippen LogP contribution in [-0.2, 0) is 6.42 Å². The van der Waals surface area contributed by atoms with Gasteiger partial charge in [0, 0.05) is 18.6 Å². The van der Waals surface area contributed by atoms with Crippen LogP contribution < -0.4 is 5.32 Å². The van der Waals surface area contributed by atoms with Gasteiger partial charge in [-0.1, -0.05) is 45.0 Å². The molecule has 0 fully saturated rings. The molecule has 0 heterocycles. The normalized spacial score (nSPS) is 14.8.